The first-order chi connectivity index (χ1) is 8.97. The molecule has 2 aromatic rings. The highest BCUT2D eigenvalue weighted by atomic mass is 79.9. The van der Waals surface area contributed by atoms with E-state index in [1.807, 2.05) is 25.1 Å². The SMILES string of the molecule is Cc1ccc(Br)cc1Nc1cc(C(=O)O)c(Cl)cn1. The van der Waals surface area contributed by atoms with Gasteiger partial charge in [-0.25, -0.2) is 9.78 Å². The van der Waals surface area contributed by atoms with Crippen molar-refractivity contribution in [3.8, 4) is 0 Å². The molecule has 19 heavy (non-hydrogen) atoms. The van der Waals surface area contributed by atoms with Crippen molar-refractivity contribution in [1.29, 1.82) is 0 Å². The molecule has 0 aliphatic rings. The molecule has 1 aromatic carbocycles. The van der Waals surface area contributed by atoms with Crippen LogP contribution in [0.1, 0.15) is 15.9 Å². The van der Waals surface area contributed by atoms with Crippen LogP contribution >= 0.6 is 27.5 Å². The van der Waals surface area contributed by atoms with Crippen LogP contribution in [0.2, 0.25) is 5.02 Å². The minimum atomic E-state index is -1.08. The number of carbonyl (C=O) groups is 1. The van der Waals surface area contributed by atoms with E-state index in [1.54, 1.807) is 0 Å². The fourth-order valence-corrected chi connectivity index (χ4v) is 2.08. The second-order valence-electron chi connectivity index (χ2n) is 3.94. The average molecular weight is 342 g/mol. The minimum Gasteiger partial charge on any atom is -0.478 e. The zero-order chi connectivity index (χ0) is 14.0. The molecule has 2 N–H and O–H groups in total. The smallest absolute Gasteiger partial charge is 0.337 e. The van der Waals surface area contributed by atoms with Gasteiger partial charge in [0.2, 0.25) is 0 Å². The molecule has 0 aliphatic heterocycles. The Labute approximate surface area is 123 Å². The highest BCUT2D eigenvalue weighted by Gasteiger charge is 2.11. The van der Waals surface area contributed by atoms with Crippen molar-refractivity contribution in [2.45, 2.75) is 6.92 Å². The van der Waals surface area contributed by atoms with Crippen molar-refractivity contribution < 1.29 is 9.90 Å². The van der Waals surface area contributed by atoms with Gasteiger partial charge in [0.05, 0.1) is 10.6 Å². The Morgan fingerprint density at radius 1 is 1.42 bits per heavy atom. The van der Waals surface area contributed by atoms with E-state index in [1.165, 1.54) is 12.3 Å². The van der Waals surface area contributed by atoms with Crippen LogP contribution in [0, 0.1) is 6.92 Å². The lowest BCUT2D eigenvalue weighted by molar-refractivity contribution is 0.0697. The van der Waals surface area contributed by atoms with Crippen LogP contribution in [-0.2, 0) is 0 Å². The van der Waals surface area contributed by atoms with Crippen LogP contribution in [0.15, 0.2) is 34.9 Å². The maximum Gasteiger partial charge on any atom is 0.337 e. The van der Waals surface area contributed by atoms with Crippen molar-refractivity contribution >= 4 is 45.0 Å². The summed E-state index contributed by atoms with van der Waals surface area (Å²) in [7, 11) is 0. The Kier molecular flexibility index (Phi) is 4.07. The molecule has 1 heterocycles. The molecule has 0 bridgehead atoms. The predicted octanol–water partition coefficient (Wildman–Crippen LogP) is 4.25. The van der Waals surface area contributed by atoms with Gasteiger partial charge in [0.1, 0.15) is 5.82 Å². The maximum absolute atomic E-state index is 11.0. The van der Waals surface area contributed by atoms with E-state index in [4.69, 9.17) is 16.7 Å². The van der Waals surface area contributed by atoms with Crippen molar-refractivity contribution in [3.05, 3.63) is 51.1 Å². The van der Waals surface area contributed by atoms with Crippen LogP contribution in [-0.4, -0.2) is 16.1 Å². The molecule has 0 spiro atoms. The number of aryl methyl sites for hydroxylation is 1. The van der Waals surface area contributed by atoms with Crippen LogP contribution in [0.4, 0.5) is 11.5 Å². The summed E-state index contributed by atoms with van der Waals surface area (Å²) in [6.07, 6.45) is 1.32. The van der Waals surface area contributed by atoms with Crippen LogP contribution < -0.4 is 5.32 Å². The largest absolute Gasteiger partial charge is 0.478 e. The number of hydrogen-bond donors (Lipinski definition) is 2. The van der Waals surface area contributed by atoms with E-state index in [9.17, 15) is 4.79 Å². The molecule has 0 fully saturated rings. The summed E-state index contributed by atoms with van der Waals surface area (Å²) in [5, 5.41) is 12.2. The third-order valence-corrected chi connectivity index (χ3v) is 3.34. The Morgan fingerprint density at radius 3 is 2.84 bits per heavy atom. The summed E-state index contributed by atoms with van der Waals surface area (Å²) in [6.45, 7) is 1.95. The van der Waals surface area contributed by atoms with E-state index in [-0.39, 0.29) is 10.6 Å². The van der Waals surface area contributed by atoms with Gasteiger partial charge in [-0.05, 0) is 30.7 Å². The number of aromatic carboxylic acids is 1. The number of hydrogen-bond acceptors (Lipinski definition) is 3. The first-order valence-electron chi connectivity index (χ1n) is 5.39. The summed E-state index contributed by atoms with van der Waals surface area (Å²) in [6, 6.07) is 7.18. The van der Waals surface area contributed by atoms with Crippen molar-refractivity contribution in [1.82, 2.24) is 4.98 Å². The molecule has 0 radical (unpaired) electrons. The Bertz CT molecular complexity index is 647. The van der Waals surface area contributed by atoms with Gasteiger partial charge in [0, 0.05) is 16.4 Å². The number of aromatic nitrogens is 1. The molecule has 0 amide bonds. The van der Waals surface area contributed by atoms with Gasteiger partial charge in [-0.1, -0.05) is 33.6 Å². The highest BCUT2D eigenvalue weighted by Crippen LogP contribution is 2.25. The number of carboxylic acid groups (broad SMARTS) is 1. The number of rotatable bonds is 3. The molecular weight excluding hydrogens is 332 g/mol. The summed E-state index contributed by atoms with van der Waals surface area (Å²) >= 11 is 9.16. The molecule has 0 aliphatic carbocycles. The zero-order valence-corrected chi connectivity index (χ0v) is 12.3. The molecule has 1 aromatic heterocycles. The fraction of sp³-hybridized carbons (Fsp3) is 0.0769. The number of benzene rings is 1. The second kappa shape index (κ2) is 5.59. The lowest BCUT2D eigenvalue weighted by atomic mass is 10.2. The first-order valence-corrected chi connectivity index (χ1v) is 6.56. The van der Waals surface area contributed by atoms with Crippen molar-refractivity contribution in [2.24, 2.45) is 0 Å². The first kappa shape index (κ1) is 13.8. The molecule has 0 saturated heterocycles. The summed E-state index contributed by atoms with van der Waals surface area (Å²) in [5.41, 5.74) is 1.89. The summed E-state index contributed by atoms with van der Waals surface area (Å²) in [5.74, 6) is -0.649. The molecule has 98 valence electrons. The van der Waals surface area contributed by atoms with Crippen LogP contribution in [0.5, 0.6) is 0 Å². The lowest BCUT2D eigenvalue weighted by Gasteiger charge is -2.10. The number of nitrogens with one attached hydrogen (secondary N) is 1. The van der Waals surface area contributed by atoms with Crippen LogP contribution in [0.3, 0.4) is 0 Å². The van der Waals surface area contributed by atoms with E-state index < -0.39 is 5.97 Å². The van der Waals surface area contributed by atoms with Crippen molar-refractivity contribution in [2.75, 3.05) is 5.32 Å². The van der Waals surface area contributed by atoms with Gasteiger partial charge in [0.25, 0.3) is 0 Å². The minimum absolute atomic E-state index is 0.0202. The van der Waals surface area contributed by atoms with E-state index in [2.05, 4.69) is 26.2 Å². The van der Waals surface area contributed by atoms with Gasteiger partial charge in [-0.2, -0.15) is 0 Å². The topological polar surface area (TPSA) is 62.2 Å². The molecular formula is C13H10BrClN2O2. The lowest BCUT2D eigenvalue weighted by Crippen LogP contribution is -2.02. The number of carboxylic acids is 1. The van der Waals surface area contributed by atoms with Gasteiger partial charge >= 0.3 is 5.97 Å². The van der Waals surface area contributed by atoms with E-state index in [0.717, 1.165) is 15.7 Å². The van der Waals surface area contributed by atoms with Crippen molar-refractivity contribution in [3.63, 3.8) is 0 Å². The van der Waals surface area contributed by atoms with Gasteiger partial charge < -0.3 is 10.4 Å². The van der Waals surface area contributed by atoms with E-state index >= 15 is 0 Å². The number of pyridine rings is 1. The third-order valence-electron chi connectivity index (χ3n) is 2.55. The third kappa shape index (κ3) is 3.24. The normalized spacial score (nSPS) is 10.3. The molecule has 0 atom stereocenters. The van der Waals surface area contributed by atoms with E-state index in [0.29, 0.717) is 5.82 Å². The summed E-state index contributed by atoms with van der Waals surface area (Å²) < 4.78 is 0.924. The van der Waals surface area contributed by atoms with Gasteiger partial charge in [-0.15, -0.1) is 0 Å². The highest BCUT2D eigenvalue weighted by molar-refractivity contribution is 9.10. The Morgan fingerprint density at radius 2 is 2.16 bits per heavy atom. The monoisotopic (exact) mass is 340 g/mol. The fourth-order valence-electron chi connectivity index (χ4n) is 1.54. The number of anilines is 2. The average Bonchev–Trinajstić information content (AvgIpc) is 2.36. The maximum atomic E-state index is 11.0. The second-order valence-corrected chi connectivity index (χ2v) is 5.26. The quantitative estimate of drug-likeness (QED) is 0.876. The Balaban J connectivity index is 2.36. The molecule has 4 nitrogen and oxygen atoms in total. The van der Waals surface area contributed by atoms with Gasteiger partial charge in [-0.3, -0.25) is 0 Å². The summed E-state index contributed by atoms with van der Waals surface area (Å²) in [4.78, 5) is 15.1. The molecule has 2 rings (SSSR count). The molecule has 0 saturated carbocycles. The van der Waals surface area contributed by atoms with Gasteiger partial charge in [0.15, 0.2) is 0 Å². The Hall–Kier alpha value is -1.59. The molecule has 0 unspecified atom stereocenters. The predicted molar refractivity (Wildman–Crippen MR) is 78.4 cm³/mol. The standard InChI is InChI=1S/C13H10BrClN2O2/c1-7-2-3-8(14)4-11(7)17-12-5-9(13(18)19)10(15)6-16-12/h2-6H,1H3,(H,16,17)(H,18,19). The number of nitrogens with zero attached hydrogens (tertiary/aromatic N) is 1. The molecule has 6 heteroatoms. The van der Waals surface area contributed by atoms with Crippen LogP contribution in [0.25, 0.3) is 0 Å². The zero-order valence-electron chi connectivity index (χ0n) is 9.95. The number of halogens is 2.